The first-order valence-electron chi connectivity index (χ1n) is 7.25. The summed E-state index contributed by atoms with van der Waals surface area (Å²) in [6.07, 6.45) is 3.93. The van der Waals surface area contributed by atoms with Crippen molar-refractivity contribution in [1.82, 2.24) is 4.90 Å². The summed E-state index contributed by atoms with van der Waals surface area (Å²) in [5.74, 6) is 1.79. The van der Waals surface area contributed by atoms with Crippen LogP contribution >= 0.6 is 0 Å². The second-order valence-corrected chi connectivity index (χ2v) is 5.48. The Morgan fingerprint density at radius 1 is 1.42 bits per heavy atom. The maximum Gasteiger partial charge on any atom is 0.123 e. The molecule has 0 spiro atoms. The molecule has 0 aromatic heterocycles. The van der Waals surface area contributed by atoms with Crippen LogP contribution in [0.1, 0.15) is 37.3 Å². The number of methoxy groups -OCH3 is 1. The van der Waals surface area contributed by atoms with E-state index in [0.717, 1.165) is 23.8 Å². The van der Waals surface area contributed by atoms with E-state index in [1.54, 1.807) is 7.11 Å². The average Bonchev–Trinajstić information content (AvgIpc) is 2.86. The molecule has 1 aliphatic heterocycles. The topological polar surface area (TPSA) is 32.7 Å². The van der Waals surface area contributed by atoms with Crippen LogP contribution in [0.4, 0.5) is 0 Å². The minimum absolute atomic E-state index is 0.0927. The van der Waals surface area contributed by atoms with Gasteiger partial charge in [-0.2, -0.15) is 0 Å². The maximum absolute atomic E-state index is 9.24. The van der Waals surface area contributed by atoms with E-state index >= 15 is 0 Å². The van der Waals surface area contributed by atoms with Gasteiger partial charge < -0.3 is 9.84 Å². The van der Waals surface area contributed by atoms with Gasteiger partial charge in [-0.05, 0) is 43.0 Å². The first-order chi connectivity index (χ1) is 9.26. The summed E-state index contributed by atoms with van der Waals surface area (Å²) >= 11 is 0. The summed E-state index contributed by atoms with van der Waals surface area (Å²) in [7, 11) is 1.71. The number of nitrogens with zero attached hydrogens (tertiary/aromatic N) is 1. The van der Waals surface area contributed by atoms with E-state index in [9.17, 15) is 5.11 Å². The highest BCUT2D eigenvalue weighted by Gasteiger charge is 2.22. The lowest BCUT2D eigenvalue weighted by atomic mass is 10.0. The van der Waals surface area contributed by atoms with Gasteiger partial charge in [-0.25, -0.2) is 0 Å². The molecule has 1 saturated heterocycles. The van der Waals surface area contributed by atoms with Crippen LogP contribution in [0.15, 0.2) is 18.2 Å². The molecule has 1 fully saturated rings. The third kappa shape index (κ3) is 3.71. The summed E-state index contributed by atoms with van der Waals surface area (Å²) in [6.45, 7) is 5.65. The van der Waals surface area contributed by atoms with Crippen molar-refractivity contribution in [3.63, 3.8) is 0 Å². The van der Waals surface area contributed by atoms with Gasteiger partial charge in [0.05, 0.1) is 13.7 Å². The quantitative estimate of drug-likeness (QED) is 0.856. The molecule has 3 heteroatoms. The van der Waals surface area contributed by atoms with Crippen LogP contribution in [-0.4, -0.2) is 30.2 Å². The Balaban J connectivity index is 2.02. The second kappa shape index (κ2) is 6.92. The van der Waals surface area contributed by atoms with Gasteiger partial charge >= 0.3 is 0 Å². The van der Waals surface area contributed by atoms with E-state index in [2.05, 4.69) is 17.9 Å². The first kappa shape index (κ1) is 14.4. The Kier molecular flexibility index (Phi) is 5.23. The Morgan fingerprint density at radius 3 is 2.95 bits per heavy atom. The number of aliphatic hydroxyl groups is 1. The van der Waals surface area contributed by atoms with Crippen LogP contribution in [0.25, 0.3) is 0 Å². The molecule has 1 unspecified atom stereocenters. The molecular formula is C16H25NO2. The molecule has 0 radical (unpaired) electrons. The predicted molar refractivity (Wildman–Crippen MR) is 77.2 cm³/mol. The van der Waals surface area contributed by atoms with Gasteiger partial charge in [0.25, 0.3) is 0 Å². The van der Waals surface area contributed by atoms with Gasteiger partial charge in [0.2, 0.25) is 0 Å². The van der Waals surface area contributed by atoms with E-state index in [1.165, 1.54) is 37.9 Å². The minimum Gasteiger partial charge on any atom is -0.496 e. The molecule has 1 N–H and O–H groups in total. The first-order valence-corrected chi connectivity index (χ1v) is 7.25. The summed E-state index contributed by atoms with van der Waals surface area (Å²) in [6, 6.07) is 5.94. The standard InChI is InChI=1S/C16H25NO2/c1-3-4-13-7-8-17(10-13)11-15-9-14(12-18)5-6-16(15)19-2/h5-6,9,13,18H,3-4,7-8,10-12H2,1-2H3. The number of rotatable bonds is 6. The largest absolute Gasteiger partial charge is 0.496 e. The molecular weight excluding hydrogens is 238 g/mol. The lowest BCUT2D eigenvalue weighted by Crippen LogP contribution is -2.20. The van der Waals surface area contributed by atoms with Crippen molar-refractivity contribution < 1.29 is 9.84 Å². The zero-order valence-corrected chi connectivity index (χ0v) is 12.1. The Morgan fingerprint density at radius 2 is 2.26 bits per heavy atom. The number of ether oxygens (including phenoxy) is 1. The van der Waals surface area contributed by atoms with Gasteiger partial charge in [0.15, 0.2) is 0 Å². The molecule has 1 aromatic rings. The molecule has 1 atom stereocenters. The molecule has 19 heavy (non-hydrogen) atoms. The smallest absolute Gasteiger partial charge is 0.123 e. The van der Waals surface area contributed by atoms with E-state index in [1.807, 2.05) is 12.1 Å². The van der Waals surface area contributed by atoms with Crippen LogP contribution in [0.3, 0.4) is 0 Å². The van der Waals surface area contributed by atoms with Crippen molar-refractivity contribution >= 4 is 0 Å². The number of hydrogen-bond donors (Lipinski definition) is 1. The zero-order chi connectivity index (χ0) is 13.7. The van der Waals surface area contributed by atoms with Gasteiger partial charge in [-0.1, -0.05) is 19.4 Å². The molecule has 1 heterocycles. The molecule has 0 amide bonds. The van der Waals surface area contributed by atoms with Crippen molar-refractivity contribution in [2.45, 2.75) is 39.3 Å². The average molecular weight is 263 g/mol. The van der Waals surface area contributed by atoms with Crippen LogP contribution in [-0.2, 0) is 13.2 Å². The zero-order valence-electron chi connectivity index (χ0n) is 12.1. The van der Waals surface area contributed by atoms with Crippen LogP contribution in [0, 0.1) is 5.92 Å². The summed E-state index contributed by atoms with van der Waals surface area (Å²) < 4.78 is 5.42. The normalized spacial score (nSPS) is 19.8. The van der Waals surface area contributed by atoms with Gasteiger partial charge in [-0.3, -0.25) is 4.90 Å². The molecule has 2 rings (SSSR count). The van der Waals surface area contributed by atoms with E-state index in [0.29, 0.717) is 0 Å². The van der Waals surface area contributed by atoms with Crippen LogP contribution in [0.5, 0.6) is 5.75 Å². The fourth-order valence-electron chi connectivity index (χ4n) is 3.00. The molecule has 3 nitrogen and oxygen atoms in total. The third-order valence-corrected chi connectivity index (χ3v) is 3.99. The Hall–Kier alpha value is -1.06. The molecule has 106 valence electrons. The van der Waals surface area contributed by atoms with Crippen molar-refractivity contribution in [3.8, 4) is 5.75 Å². The van der Waals surface area contributed by atoms with Gasteiger partial charge in [0, 0.05) is 18.7 Å². The highest BCUT2D eigenvalue weighted by atomic mass is 16.5. The molecule has 1 aliphatic rings. The Labute approximate surface area is 116 Å². The fourth-order valence-corrected chi connectivity index (χ4v) is 3.00. The molecule has 0 aliphatic carbocycles. The molecule has 0 bridgehead atoms. The van der Waals surface area contributed by atoms with Crippen LogP contribution < -0.4 is 4.74 Å². The number of aliphatic hydroxyl groups excluding tert-OH is 1. The van der Waals surface area contributed by atoms with Crippen molar-refractivity contribution in [1.29, 1.82) is 0 Å². The lowest BCUT2D eigenvalue weighted by molar-refractivity contribution is 0.280. The summed E-state index contributed by atoms with van der Waals surface area (Å²) in [4.78, 5) is 2.50. The third-order valence-electron chi connectivity index (χ3n) is 3.99. The summed E-state index contributed by atoms with van der Waals surface area (Å²) in [5.41, 5.74) is 2.14. The maximum atomic E-state index is 9.24. The number of likely N-dealkylation sites (tertiary alicyclic amines) is 1. The summed E-state index contributed by atoms with van der Waals surface area (Å²) in [5, 5.41) is 9.24. The van der Waals surface area contributed by atoms with E-state index in [-0.39, 0.29) is 6.61 Å². The van der Waals surface area contributed by atoms with Crippen molar-refractivity contribution in [3.05, 3.63) is 29.3 Å². The fraction of sp³-hybridized carbons (Fsp3) is 0.625. The van der Waals surface area contributed by atoms with Crippen molar-refractivity contribution in [2.75, 3.05) is 20.2 Å². The number of hydrogen-bond acceptors (Lipinski definition) is 3. The van der Waals surface area contributed by atoms with E-state index < -0.39 is 0 Å². The lowest BCUT2D eigenvalue weighted by Gasteiger charge is -2.18. The SMILES string of the molecule is CCCC1CCN(Cc2cc(CO)ccc2OC)C1. The van der Waals surface area contributed by atoms with Gasteiger partial charge in [0.1, 0.15) is 5.75 Å². The minimum atomic E-state index is 0.0927. The highest BCUT2D eigenvalue weighted by Crippen LogP contribution is 2.26. The number of benzene rings is 1. The van der Waals surface area contributed by atoms with Crippen LogP contribution in [0.2, 0.25) is 0 Å². The van der Waals surface area contributed by atoms with Gasteiger partial charge in [-0.15, -0.1) is 0 Å². The molecule has 1 aromatic carbocycles. The predicted octanol–water partition coefficient (Wildman–Crippen LogP) is 2.81. The highest BCUT2D eigenvalue weighted by molar-refractivity contribution is 5.37. The molecule has 0 saturated carbocycles. The monoisotopic (exact) mass is 263 g/mol. The van der Waals surface area contributed by atoms with E-state index in [4.69, 9.17) is 4.74 Å². The second-order valence-electron chi connectivity index (χ2n) is 5.48. The van der Waals surface area contributed by atoms with Crippen molar-refractivity contribution in [2.24, 2.45) is 5.92 Å². The Bertz CT molecular complexity index is 406.